The first-order valence-electron chi connectivity index (χ1n) is 5.44. The van der Waals surface area contributed by atoms with Crippen molar-refractivity contribution in [2.24, 2.45) is 0 Å². The fourth-order valence-corrected chi connectivity index (χ4v) is 2.05. The minimum absolute atomic E-state index is 0.301. The van der Waals surface area contributed by atoms with Crippen LogP contribution in [-0.2, 0) is 6.18 Å². The maximum atomic E-state index is 12.8. The molecule has 0 aliphatic carbocycles. The lowest BCUT2D eigenvalue weighted by atomic mass is 10.2. The summed E-state index contributed by atoms with van der Waals surface area (Å²) in [5.41, 5.74) is -2.69. The predicted octanol–water partition coefficient (Wildman–Crippen LogP) is 2.07. The highest BCUT2D eigenvalue weighted by atomic mass is 19.4. The van der Waals surface area contributed by atoms with Gasteiger partial charge in [0.1, 0.15) is 17.3 Å². The summed E-state index contributed by atoms with van der Waals surface area (Å²) in [4.78, 5) is 17.5. The summed E-state index contributed by atoms with van der Waals surface area (Å²) in [6.07, 6.45) is -4.83. The Morgan fingerprint density at radius 1 is 1.30 bits per heavy atom. The lowest BCUT2D eigenvalue weighted by molar-refractivity contribution is -0.141. The monoisotopic (exact) mass is 278 g/mol. The quantitative estimate of drug-likeness (QED) is 0.684. The number of benzene rings is 1. The zero-order valence-electron chi connectivity index (χ0n) is 9.69. The fourth-order valence-electron chi connectivity index (χ4n) is 2.05. The lowest BCUT2D eigenvalue weighted by Gasteiger charge is -2.08. The molecule has 0 bridgehead atoms. The summed E-state index contributed by atoms with van der Waals surface area (Å²) < 4.78 is 39.5. The summed E-state index contributed by atoms with van der Waals surface area (Å²) in [6.45, 7) is 0. The predicted molar refractivity (Wildman–Crippen MR) is 63.0 cm³/mol. The molecule has 0 saturated heterocycles. The number of nitrogens with one attached hydrogen (secondary N) is 1. The van der Waals surface area contributed by atoms with Crippen LogP contribution in [0.5, 0.6) is 0 Å². The highest BCUT2D eigenvalue weighted by Gasteiger charge is 2.37. The van der Waals surface area contributed by atoms with Crippen molar-refractivity contribution in [1.82, 2.24) is 14.4 Å². The van der Waals surface area contributed by atoms with Crippen molar-refractivity contribution in [3.8, 4) is 6.07 Å². The van der Waals surface area contributed by atoms with Crippen molar-refractivity contribution >= 4 is 16.7 Å². The Hall–Kier alpha value is -2.82. The molecular formula is C12H5F3N4O. The standard InChI is InChI=1S/C12H5F3N4O/c13-12(14,15)9-6(5-16)10-17-7-3-1-2-4-8(7)19(10)11(20)18-9/h1-4H,(H,18,20). The van der Waals surface area contributed by atoms with Crippen molar-refractivity contribution in [2.45, 2.75) is 6.18 Å². The number of H-pyrrole nitrogens is 1. The van der Waals surface area contributed by atoms with Gasteiger partial charge in [-0.3, -0.25) is 0 Å². The summed E-state index contributed by atoms with van der Waals surface area (Å²) >= 11 is 0. The number of nitriles is 1. The van der Waals surface area contributed by atoms with Gasteiger partial charge in [-0.2, -0.15) is 18.4 Å². The Bertz CT molecular complexity index is 930. The van der Waals surface area contributed by atoms with E-state index in [0.29, 0.717) is 11.0 Å². The third-order valence-corrected chi connectivity index (χ3v) is 2.86. The number of para-hydroxylation sites is 2. The first kappa shape index (κ1) is 12.2. The van der Waals surface area contributed by atoms with E-state index in [-0.39, 0.29) is 5.65 Å². The maximum Gasteiger partial charge on any atom is 0.432 e. The average molecular weight is 278 g/mol. The molecule has 0 unspecified atom stereocenters. The number of alkyl halides is 3. The molecule has 0 radical (unpaired) electrons. The van der Waals surface area contributed by atoms with Crippen LogP contribution in [0.15, 0.2) is 29.1 Å². The van der Waals surface area contributed by atoms with Crippen molar-refractivity contribution in [2.75, 3.05) is 0 Å². The second-order valence-electron chi connectivity index (χ2n) is 4.05. The van der Waals surface area contributed by atoms with Gasteiger partial charge >= 0.3 is 11.9 Å². The van der Waals surface area contributed by atoms with Gasteiger partial charge in [0.25, 0.3) is 0 Å². The first-order valence-corrected chi connectivity index (χ1v) is 5.44. The van der Waals surface area contributed by atoms with Gasteiger partial charge in [-0.25, -0.2) is 14.2 Å². The smallest absolute Gasteiger partial charge is 0.302 e. The molecule has 2 heterocycles. The maximum absolute atomic E-state index is 12.8. The second kappa shape index (κ2) is 3.84. The third-order valence-electron chi connectivity index (χ3n) is 2.86. The SMILES string of the molecule is N#Cc1c(C(F)(F)F)[nH]c(=O)n2c1nc1ccccc12. The molecule has 8 heteroatoms. The Morgan fingerprint density at radius 2 is 2.00 bits per heavy atom. The molecule has 5 nitrogen and oxygen atoms in total. The first-order chi connectivity index (χ1) is 9.43. The fraction of sp³-hybridized carbons (Fsp3) is 0.0833. The van der Waals surface area contributed by atoms with Crippen LogP contribution in [0.25, 0.3) is 16.7 Å². The van der Waals surface area contributed by atoms with Crippen LogP contribution in [-0.4, -0.2) is 14.4 Å². The molecule has 3 rings (SSSR count). The molecule has 20 heavy (non-hydrogen) atoms. The van der Waals surface area contributed by atoms with Crippen molar-refractivity contribution < 1.29 is 13.2 Å². The van der Waals surface area contributed by atoms with Crippen LogP contribution < -0.4 is 5.69 Å². The molecule has 0 atom stereocenters. The Kier molecular flexibility index (Phi) is 2.34. The molecule has 3 aromatic rings. The number of aromatic amines is 1. The number of imidazole rings is 1. The molecule has 1 aromatic carbocycles. The number of nitrogens with zero attached hydrogens (tertiary/aromatic N) is 3. The second-order valence-corrected chi connectivity index (χ2v) is 4.05. The molecule has 0 fully saturated rings. The summed E-state index contributed by atoms with van der Waals surface area (Å²) in [6, 6.07) is 7.82. The van der Waals surface area contributed by atoms with Gasteiger partial charge in [0.05, 0.1) is 11.0 Å². The van der Waals surface area contributed by atoms with Crippen LogP contribution >= 0.6 is 0 Å². The van der Waals surface area contributed by atoms with Crippen LogP contribution in [0.4, 0.5) is 13.2 Å². The van der Waals surface area contributed by atoms with Crippen molar-refractivity contribution in [1.29, 1.82) is 5.26 Å². The van der Waals surface area contributed by atoms with Crippen LogP contribution in [0.1, 0.15) is 11.3 Å². The molecule has 2 aromatic heterocycles. The van der Waals surface area contributed by atoms with E-state index in [1.807, 2.05) is 0 Å². The number of halogens is 3. The van der Waals surface area contributed by atoms with E-state index < -0.39 is 23.1 Å². The minimum atomic E-state index is -4.83. The number of hydrogen-bond donors (Lipinski definition) is 1. The third kappa shape index (κ3) is 1.56. The van der Waals surface area contributed by atoms with Crippen molar-refractivity contribution in [3.63, 3.8) is 0 Å². The Labute approximate surface area is 108 Å². The molecule has 100 valence electrons. The average Bonchev–Trinajstić information content (AvgIpc) is 2.77. The summed E-state index contributed by atoms with van der Waals surface area (Å²) in [7, 11) is 0. The molecule has 0 aliphatic rings. The van der Waals surface area contributed by atoms with E-state index in [1.165, 1.54) is 6.07 Å². The summed E-state index contributed by atoms with van der Waals surface area (Å²) in [5.74, 6) is 0. The number of hydrogen-bond acceptors (Lipinski definition) is 3. The van der Waals surface area contributed by atoms with E-state index in [0.717, 1.165) is 4.40 Å². The number of aromatic nitrogens is 3. The van der Waals surface area contributed by atoms with Crippen LogP contribution in [0.2, 0.25) is 0 Å². The normalized spacial score (nSPS) is 11.9. The molecule has 0 saturated carbocycles. The largest absolute Gasteiger partial charge is 0.432 e. The van der Waals surface area contributed by atoms with Gasteiger partial charge in [0.15, 0.2) is 5.65 Å². The Morgan fingerprint density at radius 3 is 2.65 bits per heavy atom. The molecule has 0 spiro atoms. The van der Waals surface area contributed by atoms with E-state index >= 15 is 0 Å². The minimum Gasteiger partial charge on any atom is -0.302 e. The summed E-state index contributed by atoms with van der Waals surface area (Å²) in [5, 5.41) is 8.97. The zero-order chi connectivity index (χ0) is 14.5. The van der Waals surface area contributed by atoms with E-state index in [1.54, 1.807) is 29.2 Å². The number of rotatable bonds is 0. The van der Waals surface area contributed by atoms with Gasteiger partial charge < -0.3 is 4.98 Å². The van der Waals surface area contributed by atoms with Gasteiger partial charge in [0, 0.05) is 0 Å². The number of fused-ring (bicyclic) bond motifs is 3. The van der Waals surface area contributed by atoms with Gasteiger partial charge in [-0.15, -0.1) is 0 Å². The molecular weight excluding hydrogens is 273 g/mol. The molecule has 0 aliphatic heterocycles. The van der Waals surface area contributed by atoms with Crippen molar-refractivity contribution in [3.05, 3.63) is 46.0 Å². The van der Waals surface area contributed by atoms with E-state index in [9.17, 15) is 18.0 Å². The topological polar surface area (TPSA) is 74.0 Å². The van der Waals surface area contributed by atoms with Crippen LogP contribution in [0.3, 0.4) is 0 Å². The van der Waals surface area contributed by atoms with Gasteiger partial charge in [0.2, 0.25) is 0 Å². The lowest BCUT2D eigenvalue weighted by Crippen LogP contribution is -2.24. The Balaban J connectivity index is 2.60. The zero-order valence-corrected chi connectivity index (χ0v) is 9.69. The highest BCUT2D eigenvalue weighted by molar-refractivity contribution is 5.82. The van der Waals surface area contributed by atoms with E-state index in [4.69, 9.17) is 5.26 Å². The van der Waals surface area contributed by atoms with E-state index in [2.05, 4.69) is 4.98 Å². The van der Waals surface area contributed by atoms with Gasteiger partial charge in [-0.1, -0.05) is 12.1 Å². The van der Waals surface area contributed by atoms with Gasteiger partial charge in [-0.05, 0) is 12.1 Å². The molecule has 0 amide bonds. The molecule has 1 N–H and O–H groups in total. The highest BCUT2D eigenvalue weighted by Crippen LogP contribution is 2.31. The van der Waals surface area contributed by atoms with Crippen LogP contribution in [0, 0.1) is 11.3 Å².